The molecule has 0 radical (unpaired) electrons. The van der Waals surface area contributed by atoms with E-state index in [1.54, 1.807) is 0 Å². The Morgan fingerprint density at radius 3 is 2.87 bits per heavy atom. The van der Waals surface area contributed by atoms with E-state index in [0.29, 0.717) is 12.0 Å². The molecule has 0 amide bonds. The van der Waals surface area contributed by atoms with Gasteiger partial charge in [-0.25, -0.2) is 0 Å². The zero-order valence-electron chi connectivity index (χ0n) is 9.58. The number of rotatable bonds is 5. The molecule has 82 valence electrons. The third-order valence-corrected chi connectivity index (χ3v) is 3.00. The van der Waals surface area contributed by atoms with Crippen molar-refractivity contribution in [2.45, 2.75) is 32.2 Å². The van der Waals surface area contributed by atoms with Crippen molar-refractivity contribution in [3.05, 3.63) is 49.2 Å². The van der Waals surface area contributed by atoms with Gasteiger partial charge in [-0.2, -0.15) is 0 Å². The number of hydrogen-bond acceptors (Lipinski definition) is 1. The summed E-state index contributed by atoms with van der Waals surface area (Å²) in [6.07, 6.45) is 13.8. The summed E-state index contributed by atoms with van der Waals surface area (Å²) in [6, 6.07) is 0.530. The van der Waals surface area contributed by atoms with E-state index in [2.05, 4.69) is 49.8 Å². The van der Waals surface area contributed by atoms with Crippen LogP contribution in [0, 0.1) is 5.92 Å². The Hall–Kier alpha value is -1.24. The van der Waals surface area contributed by atoms with Gasteiger partial charge in [-0.1, -0.05) is 36.5 Å². The highest BCUT2D eigenvalue weighted by atomic mass is 14.9. The molecule has 1 rings (SSSR count). The maximum atomic E-state index is 3.93. The monoisotopic (exact) mass is 203 g/mol. The van der Waals surface area contributed by atoms with Crippen molar-refractivity contribution in [3.63, 3.8) is 0 Å². The van der Waals surface area contributed by atoms with Gasteiger partial charge in [0.15, 0.2) is 0 Å². The van der Waals surface area contributed by atoms with Crippen molar-refractivity contribution < 1.29 is 0 Å². The van der Waals surface area contributed by atoms with Gasteiger partial charge >= 0.3 is 0 Å². The summed E-state index contributed by atoms with van der Waals surface area (Å²) < 4.78 is 0. The molecule has 1 heterocycles. The fourth-order valence-corrected chi connectivity index (χ4v) is 1.95. The smallest absolute Gasteiger partial charge is 0.0324 e. The molecule has 1 nitrogen and oxygen atoms in total. The number of hydrogen-bond donors (Lipinski definition) is 1. The zero-order valence-corrected chi connectivity index (χ0v) is 9.58. The van der Waals surface area contributed by atoms with E-state index in [4.69, 9.17) is 0 Å². The quantitative estimate of drug-likeness (QED) is 0.532. The van der Waals surface area contributed by atoms with Gasteiger partial charge in [0.25, 0.3) is 0 Å². The normalized spacial score (nSPS) is 23.0. The van der Waals surface area contributed by atoms with Crippen LogP contribution in [0.2, 0.25) is 0 Å². The lowest BCUT2D eigenvalue weighted by molar-refractivity contribution is 0.413. The summed E-state index contributed by atoms with van der Waals surface area (Å²) in [7, 11) is 0. The van der Waals surface area contributed by atoms with Gasteiger partial charge in [0, 0.05) is 12.0 Å². The number of nitrogens with one attached hydrogen (secondary N) is 1. The minimum absolute atomic E-state index is 0.499. The Labute approximate surface area is 93.3 Å². The van der Waals surface area contributed by atoms with Crippen molar-refractivity contribution >= 4 is 0 Å². The van der Waals surface area contributed by atoms with Crippen molar-refractivity contribution in [2.24, 2.45) is 5.92 Å². The average Bonchev–Trinajstić information content (AvgIpc) is 2.32. The molecule has 0 bridgehead atoms. The summed E-state index contributed by atoms with van der Waals surface area (Å²) >= 11 is 0. The predicted molar refractivity (Wildman–Crippen MR) is 67.6 cm³/mol. The van der Waals surface area contributed by atoms with Gasteiger partial charge in [0.2, 0.25) is 0 Å². The lowest BCUT2D eigenvalue weighted by atomic mass is 9.88. The van der Waals surface area contributed by atoms with E-state index in [9.17, 15) is 0 Å². The Bertz CT molecular complexity index is 273. The first kappa shape index (κ1) is 11.8. The molecule has 2 atom stereocenters. The summed E-state index contributed by atoms with van der Waals surface area (Å²) in [4.78, 5) is 0. The van der Waals surface area contributed by atoms with Gasteiger partial charge in [-0.05, 0) is 32.4 Å². The van der Waals surface area contributed by atoms with Crippen molar-refractivity contribution in [1.82, 2.24) is 5.32 Å². The molecule has 1 aliphatic rings. The molecule has 0 saturated heterocycles. The van der Waals surface area contributed by atoms with Crippen LogP contribution in [0.4, 0.5) is 0 Å². The maximum Gasteiger partial charge on any atom is 0.0324 e. The highest BCUT2D eigenvalue weighted by Crippen LogP contribution is 2.22. The van der Waals surface area contributed by atoms with E-state index >= 15 is 0 Å². The minimum Gasteiger partial charge on any atom is -0.388 e. The van der Waals surface area contributed by atoms with Crippen molar-refractivity contribution in [3.8, 4) is 0 Å². The first-order valence-electron chi connectivity index (χ1n) is 5.63. The van der Waals surface area contributed by atoms with Gasteiger partial charge in [0.1, 0.15) is 0 Å². The summed E-state index contributed by atoms with van der Waals surface area (Å²) in [5.41, 5.74) is 1.30. The Kier molecular flexibility index (Phi) is 4.96. The van der Waals surface area contributed by atoms with E-state index in [1.807, 2.05) is 6.08 Å². The maximum absolute atomic E-state index is 3.93. The molecule has 0 aliphatic carbocycles. The molecule has 0 aromatic rings. The first-order chi connectivity index (χ1) is 7.31. The minimum atomic E-state index is 0.499. The molecule has 1 N–H and O–H groups in total. The topological polar surface area (TPSA) is 12.0 Å². The molecule has 0 aromatic carbocycles. The molecular formula is C14H21N. The Morgan fingerprint density at radius 1 is 1.60 bits per heavy atom. The predicted octanol–water partition coefficient (Wildman–Crippen LogP) is 3.58. The summed E-state index contributed by atoms with van der Waals surface area (Å²) in [5.74, 6) is 0.499. The van der Waals surface area contributed by atoms with E-state index in [1.165, 1.54) is 18.4 Å². The van der Waals surface area contributed by atoms with Crippen LogP contribution in [0.5, 0.6) is 0 Å². The molecule has 2 unspecified atom stereocenters. The van der Waals surface area contributed by atoms with Crippen LogP contribution >= 0.6 is 0 Å². The second-order valence-electron chi connectivity index (χ2n) is 3.92. The van der Waals surface area contributed by atoms with Gasteiger partial charge in [-0.15, -0.1) is 6.58 Å². The van der Waals surface area contributed by atoms with Gasteiger partial charge < -0.3 is 5.32 Å². The zero-order chi connectivity index (χ0) is 11.1. The van der Waals surface area contributed by atoms with Crippen LogP contribution in [0.3, 0.4) is 0 Å². The van der Waals surface area contributed by atoms with Crippen LogP contribution in [0.1, 0.15) is 26.2 Å². The molecule has 15 heavy (non-hydrogen) atoms. The SMILES string of the molecule is C=C/C(=C/C)CC(C=C)C1CCC=CN1. The summed E-state index contributed by atoms with van der Waals surface area (Å²) in [5, 5.41) is 3.41. The second kappa shape index (κ2) is 6.28. The van der Waals surface area contributed by atoms with Crippen LogP contribution in [-0.4, -0.2) is 6.04 Å². The Balaban J connectivity index is 2.58. The lowest BCUT2D eigenvalue weighted by Gasteiger charge is -2.27. The Morgan fingerprint density at radius 2 is 2.40 bits per heavy atom. The molecule has 1 heteroatoms. The molecule has 0 saturated carbocycles. The largest absolute Gasteiger partial charge is 0.388 e. The third kappa shape index (κ3) is 3.43. The fourth-order valence-electron chi connectivity index (χ4n) is 1.95. The number of allylic oxidation sites excluding steroid dienone is 4. The standard InChI is InChI=1S/C14H21N/c1-4-12(5-2)11-13(6-3)14-9-7-8-10-15-14/h4-6,8,10,13-15H,1,3,7,9,11H2,2H3/b12-5-. The van der Waals surface area contributed by atoms with E-state index in [-0.39, 0.29) is 0 Å². The molecular weight excluding hydrogens is 182 g/mol. The van der Waals surface area contributed by atoms with Crippen molar-refractivity contribution in [1.29, 1.82) is 0 Å². The van der Waals surface area contributed by atoms with Crippen molar-refractivity contribution in [2.75, 3.05) is 0 Å². The summed E-state index contributed by atoms with van der Waals surface area (Å²) in [6.45, 7) is 9.82. The molecule has 0 fully saturated rings. The van der Waals surface area contributed by atoms with Crippen LogP contribution in [0.15, 0.2) is 49.2 Å². The molecule has 0 aromatic heterocycles. The lowest BCUT2D eigenvalue weighted by Crippen LogP contribution is -2.33. The second-order valence-corrected chi connectivity index (χ2v) is 3.92. The molecule has 0 spiro atoms. The first-order valence-corrected chi connectivity index (χ1v) is 5.63. The highest BCUT2D eigenvalue weighted by molar-refractivity contribution is 5.18. The molecule has 1 aliphatic heterocycles. The average molecular weight is 203 g/mol. The third-order valence-electron chi connectivity index (χ3n) is 3.00. The fraction of sp³-hybridized carbons (Fsp3) is 0.429. The highest BCUT2D eigenvalue weighted by Gasteiger charge is 2.18. The van der Waals surface area contributed by atoms with Crippen LogP contribution in [-0.2, 0) is 0 Å². The van der Waals surface area contributed by atoms with Gasteiger partial charge in [0.05, 0.1) is 0 Å². The van der Waals surface area contributed by atoms with E-state index < -0.39 is 0 Å². The van der Waals surface area contributed by atoms with Gasteiger partial charge in [-0.3, -0.25) is 0 Å². The van der Waals surface area contributed by atoms with Crippen LogP contribution < -0.4 is 5.32 Å². The van der Waals surface area contributed by atoms with E-state index in [0.717, 1.165) is 6.42 Å². The van der Waals surface area contributed by atoms with Crippen LogP contribution in [0.25, 0.3) is 0 Å².